The Kier molecular flexibility index (Phi) is 8.46. The second-order valence-corrected chi connectivity index (χ2v) is 6.10. The molecule has 0 radical (unpaired) electrons. The van der Waals surface area contributed by atoms with Crippen molar-refractivity contribution in [2.75, 3.05) is 7.05 Å². The summed E-state index contributed by atoms with van der Waals surface area (Å²) >= 11 is 0. The fourth-order valence-corrected chi connectivity index (χ4v) is 2.36. The van der Waals surface area contributed by atoms with Crippen molar-refractivity contribution >= 4 is 11.9 Å². The van der Waals surface area contributed by atoms with Crippen LogP contribution in [0, 0.1) is 11.8 Å². The lowest BCUT2D eigenvalue weighted by atomic mass is 9.93. The number of nitrogens with two attached hydrogens (primary N) is 1. The van der Waals surface area contributed by atoms with Crippen LogP contribution in [-0.4, -0.2) is 41.0 Å². The van der Waals surface area contributed by atoms with Crippen LogP contribution in [0.1, 0.15) is 53.4 Å². The van der Waals surface area contributed by atoms with E-state index in [1.807, 2.05) is 13.8 Å². The highest BCUT2D eigenvalue weighted by molar-refractivity contribution is 5.82. The molecule has 0 aromatic rings. The van der Waals surface area contributed by atoms with Gasteiger partial charge in [0.05, 0.1) is 12.5 Å². The highest BCUT2D eigenvalue weighted by atomic mass is 16.4. The molecule has 20 heavy (non-hydrogen) atoms. The Bertz CT molecular complexity index is 318. The molecule has 0 aromatic carbocycles. The Labute approximate surface area is 122 Å². The summed E-state index contributed by atoms with van der Waals surface area (Å²) in [7, 11) is 1.66. The minimum atomic E-state index is -0.878. The average molecular weight is 286 g/mol. The van der Waals surface area contributed by atoms with Crippen LogP contribution in [0.15, 0.2) is 0 Å². The standard InChI is InChI=1S/C15H30N2O3/c1-6-7-11(4)8-12(9-13(18)19)17(5)15(20)14(16)10(2)3/h10-12,14H,6-9,16H2,1-5H3,(H,18,19). The summed E-state index contributed by atoms with van der Waals surface area (Å²) in [6.07, 6.45) is 2.77. The highest BCUT2D eigenvalue weighted by Gasteiger charge is 2.28. The van der Waals surface area contributed by atoms with Gasteiger partial charge in [-0.25, -0.2) is 0 Å². The summed E-state index contributed by atoms with van der Waals surface area (Å²) in [4.78, 5) is 24.8. The van der Waals surface area contributed by atoms with Gasteiger partial charge in [0.2, 0.25) is 5.91 Å². The molecule has 0 aliphatic carbocycles. The molecule has 0 spiro atoms. The third-order valence-corrected chi connectivity index (χ3v) is 3.76. The van der Waals surface area contributed by atoms with Gasteiger partial charge in [-0.2, -0.15) is 0 Å². The predicted octanol–water partition coefficient (Wildman–Crippen LogP) is 2.10. The number of hydrogen-bond acceptors (Lipinski definition) is 3. The molecule has 0 aliphatic rings. The quantitative estimate of drug-likeness (QED) is 0.680. The Morgan fingerprint density at radius 3 is 2.20 bits per heavy atom. The largest absolute Gasteiger partial charge is 0.481 e. The van der Waals surface area contributed by atoms with Crippen LogP contribution in [0.25, 0.3) is 0 Å². The van der Waals surface area contributed by atoms with Crippen LogP contribution in [0.5, 0.6) is 0 Å². The van der Waals surface area contributed by atoms with E-state index in [1.165, 1.54) is 4.90 Å². The number of nitrogens with zero attached hydrogens (tertiary/aromatic N) is 1. The molecule has 5 nitrogen and oxygen atoms in total. The minimum Gasteiger partial charge on any atom is -0.481 e. The van der Waals surface area contributed by atoms with E-state index in [9.17, 15) is 9.59 Å². The molecule has 0 aromatic heterocycles. The van der Waals surface area contributed by atoms with Gasteiger partial charge in [-0.15, -0.1) is 0 Å². The van der Waals surface area contributed by atoms with Crippen LogP contribution >= 0.6 is 0 Å². The second-order valence-electron chi connectivity index (χ2n) is 6.10. The summed E-state index contributed by atoms with van der Waals surface area (Å²) in [5, 5.41) is 9.04. The fraction of sp³-hybridized carbons (Fsp3) is 0.867. The summed E-state index contributed by atoms with van der Waals surface area (Å²) < 4.78 is 0. The van der Waals surface area contributed by atoms with Crippen LogP contribution in [-0.2, 0) is 9.59 Å². The molecule has 0 saturated carbocycles. The second kappa shape index (κ2) is 8.95. The third-order valence-electron chi connectivity index (χ3n) is 3.76. The number of hydrogen-bond donors (Lipinski definition) is 2. The van der Waals surface area contributed by atoms with Crippen LogP contribution in [0.3, 0.4) is 0 Å². The van der Waals surface area contributed by atoms with Crippen molar-refractivity contribution in [3.63, 3.8) is 0 Å². The van der Waals surface area contributed by atoms with E-state index in [0.717, 1.165) is 12.8 Å². The number of carbonyl (C=O) groups excluding carboxylic acids is 1. The molecule has 0 heterocycles. The molecule has 3 unspecified atom stereocenters. The van der Waals surface area contributed by atoms with Crippen molar-refractivity contribution in [3.05, 3.63) is 0 Å². The zero-order chi connectivity index (χ0) is 15.9. The first-order valence-electron chi connectivity index (χ1n) is 7.44. The zero-order valence-corrected chi connectivity index (χ0v) is 13.4. The number of likely N-dealkylation sites (N-methyl/N-ethyl adjacent to an activating group) is 1. The molecule has 3 atom stereocenters. The molecule has 0 bridgehead atoms. The molecular formula is C15H30N2O3. The van der Waals surface area contributed by atoms with E-state index in [0.29, 0.717) is 12.3 Å². The summed E-state index contributed by atoms with van der Waals surface area (Å²) in [6, 6.07) is -0.857. The van der Waals surface area contributed by atoms with Gasteiger partial charge >= 0.3 is 5.97 Å². The van der Waals surface area contributed by atoms with E-state index < -0.39 is 12.0 Å². The number of carbonyl (C=O) groups is 2. The van der Waals surface area contributed by atoms with E-state index in [4.69, 9.17) is 10.8 Å². The van der Waals surface area contributed by atoms with E-state index in [-0.39, 0.29) is 24.3 Å². The van der Waals surface area contributed by atoms with E-state index >= 15 is 0 Å². The topological polar surface area (TPSA) is 83.6 Å². The zero-order valence-electron chi connectivity index (χ0n) is 13.4. The van der Waals surface area contributed by atoms with Gasteiger partial charge in [0.1, 0.15) is 0 Å². The Morgan fingerprint density at radius 2 is 1.80 bits per heavy atom. The first-order valence-corrected chi connectivity index (χ1v) is 7.44. The van der Waals surface area contributed by atoms with Gasteiger partial charge in [0.25, 0.3) is 0 Å². The van der Waals surface area contributed by atoms with Crippen LogP contribution in [0.2, 0.25) is 0 Å². The Balaban J connectivity index is 4.83. The van der Waals surface area contributed by atoms with Gasteiger partial charge in [-0.05, 0) is 18.3 Å². The number of carboxylic acid groups (broad SMARTS) is 1. The summed E-state index contributed by atoms with van der Waals surface area (Å²) in [6.45, 7) is 7.98. The number of carboxylic acids is 1. The monoisotopic (exact) mass is 286 g/mol. The van der Waals surface area contributed by atoms with Crippen molar-refractivity contribution < 1.29 is 14.7 Å². The molecule has 0 saturated heterocycles. The Morgan fingerprint density at radius 1 is 1.25 bits per heavy atom. The molecule has 3 N–H and O–H groups in total. The number of aliphatic carboxylic acids is 1. The maximum absolute atomic E-state index is 12.3. The molecule has 0 rings (SSSR count). The molecule has 1 amide bonds. The molecule has 118 valence electrons. The highest BCUT2D eigenvalue weighted by Crippen LogP contribution is 2.19. The van der Waals surface area contributed by atoms with E-state index in [1.54, 1.807) is 7.05 Å². The van der Waals surface area contributed by atoms with Gasteiger partial charge in [0.15, 0.2) is 0 Å². The van der Waals surface area contributed by atoms with E-state index in [2.05, 4.69) is 13.8 Å². The average Bonchev–Trinajstić information content (AvgIpc) is 2.34. The van der Waals surface area contributed by atoms with Crippen molar-refractivity contribution in [3.8, 4) is 0 Å². The minimum absolute atomic E-state index is 0.0267. The smallest absolute Gasteiger partial charge is 0.305 e. The lowest BCUT2D eigenvalue weighted by molar-refractivity contribution is -0.141. The lowest BCUT2D eigenvalue weighted by Gasteiger charge is -2.32. The predicted molar refractivity (Wildman–Crippen MR) is 80.3 cm³/mol. The van der Waals surface area contributed by atoms with Gasteiger partial charge in [0, 0.05) is 13.1 Å². The summed E-state index contributed by atoms with van der Waals surface area (Å²) in [5.41, 5.74) is 5.88. The molecule has 0 aliphatic heterocycles. The fourth-order valence-electron chi connectivity index (χ4n) is 2.36. The molecule has 0 fully saturated rings. The van der Waals surface area contributed by atoms with Crippen molar-refractivity contribution in [2.45, 2.75) is 65.5 Å². The van der Waals surface area contributed by atoms with Gasteiger partial charge in [-0.3, -0.25) is 9.59 Å². The number of amides is 1. The molecule has 5 heteroatoms. The van der Waals surface area contributed by atoms with Crippen molar-refractivity contribution in [1.82, 2.24) is 4.90 Å². The summed E-state index contributed by atoms with van der Waals surface area (Å²) in [5.74, 6) is -0.607. The van der Waals surface area contributed by atoms with Gasteiger partial charge < -0.3 is 15.7 Å². The van der Waals surface area contributed by atoms with Crippen LogP contribution < -0.4 is 5.73 Å². The molecular weight excluding hydrogens is 256 g/mol. The third kappa shape index (κ3) is 6.37. The van der Waals surface area contributed by atoms with Crippen LogP contribution in [0.4, 0.5) is 0 Å². The Hall–Kier alpha value is -1.10. The SMILES string of the molecule is CCCC(C)CC(CC(=O)O)N(C)C(=O)C(N)C(C)C. The first-order chi connectivity index (χ1) is 9.20. The normalized spacial score (nSPS) is 15.8. The van der Waals surface area contributed by atoms with Crippen molar-refractivity contribution in [2.24, 2.45) is 17.6 Å². The van der Waals surface area contributed by atoms with Crippen molar-refractivity contribution in [1.29, 1.82) is 0 Å². The maximum atomic E-state index is 12.3. The number of rotatable bonds is 9. The van der Waals surface area contributed by atoms with Gasteiger partial charge in [-0.1, -0.05) is 40.5 Å². The maximum Gasteiger partial charge on any atom is 0.305 e. The lowest BCUT2D eigenvalue weighted by Crippen LogP contribution is -2.49. The first kappa shape index (κ1) is 18.9.